The van der Waals surface area contributed by atoms with Crippen molar-refractivity contribution in [3.8, 4) is 0 Å². The molecule has 1 aliphatic carbocycles. The molecule has 3 aromatic rings. The molecule has 2 aliphatic heterocycles. The van der Waals surface area contributed by atoms with Crippen LogP contribution in [-0.4, -0.2) is 50.4 Å². The topological polar surface area (TPSA) is 75.0 Å². The van der Waals surface area contributed by atoms with Crippen LogP contribution < -0.4 is 15.1 Å². The van der Waals surface area contributed by atoms with Gasteiger partial charge in [-0.25, -0.2) is 23.4 Å². The summed E-state index contributed by atoms with van der Waals surface area (Å²) in [5, 5.41) is 8.28. The van der Waals surface area contributed by atoms with E-state index in [1.165, 1.54) is 12.1 Å². The van der Waals surface area contributed by atoms with Crippen LogP contribution >= 0.6 is 0 Å². The van der Waals surface area contributed by atoms with Gasteiger partial charge >= 0.3 is 0 Å². The number of hydrogen-bond donors (Lipinski definition) is 1. The average molecular weight is 453 g/mol. The first-order valence-corrected chi connectivity index (χ1v) is 11.5. The summed E-state index contributed by atoms with van der Waals surface area (Å²) in [6, 6.07) is 5.91. The molecule has 1 saturated carbocycles. The Morgan fingerprint density at radius 1 is 0.970 bits per heavy atom. The van der Waals surface area contributed by atoms with Gasteiger partial charge in [0.1, 0.15) is 23.8 Å². The fourth-order valence-electron chi connectivity index (χ4n) is 5.57. The number of halogens is 2. The van der Waals surface area contributed by atoms with Crippen LogP contribution in [0.4, 0.5) is 32.2 Å². The smallest absolute Gasteiger partial charge is 0.244 e. The quantitative estimate of drug-likeness (QED) is 0.649. The second kappa shape index (κ2) is 7.93. The maximum atomic E-state index is 13.8. The summed E-state index contributed by atoms with van der Waals surface area (Å²) in [7, 11) is 0. The normalized spacial score (nSPS) is 24.2. The minimum absolute atomic E-state index is 0.300. The lowest BCUT2D eigenvalue weighted by Crippen LogP contribution is -2.48. The number of rotatable bonds is 4. The van der Waals surface area contributed by atoms with Crippen molar-refractivity contribution < 1.29 is 8.78 Å². The molecule has 172 valence electrons. The Balaban J connectivity index is 1.21. The van der Waals surface area contributed by atoms with Crippen LogP contribution in [0.3, 0.4) is 0 Å². The van der Waals surface area contributed by atoms with Crippen molar-refractivity contribution >= 4 is 23.4 Å². The highest BCUT2D eigenvalue weighted by atomic mass is 19.1. The van der Waals surface area contributed by atoms with E-state index < -0.39 is 11.6 Å². The van der Waals surface area contributed by atoms with Gasteiger partial charge in [-0.2, -0.15) is 4.98 Å². The number of fused-ring (bicyclic) bond motifs is 3. The second-order valence-corrected chi connectivity index (χ2v) is 9.28. The van der Waals surface area contributed by atoms with Gasteiger partial charge in [-0.05, 0) is 50.2 Å². The summed E-state index contributed by atoms with van der Waals surface area (Å²) in [5.74, 6) is 1.97. The summed E-state index contributed by atoms with van der Waals surface area (Å²) in [4.78, 5) is 17.6. The minimum atomic E-state index is -0.595. The van der Waals surface area contributed by atoms with Crippen LogP contribution in [0.25, 0.3) is 0 Å². The molecule has 0 radical (unpaired) electrons. The standard InChI is InChI=1S/C23H26F2N8/c1-14-7-20(27-13-26-14)31-11-15-3-4-16(12-31)21(15)28-22-29-23-32(5-2-6-33(23)30-22)19-9-17(24)8-18(25)10-19/h7-10,13,15-16,21H,2-6,11-12H2,1H3,(H,28,30)/t15-,16?,21-/m0/s1. The Hall–Kier alpha value is -3.30. The third-order valence-electron chi connectivity index (χ3n) is 7.05. The highest BCUT2D eigenvalue weighted by Crippen LogP contribution is 2.40. The Morgan fingerprint density at radius 3 is 2.45 bits per heavy atom. The number of anilines is 4. The van der Waals surface area contributed by atoms with Crippen LogP contribution in [0, 0.1) is 30.4 Å². The number of aromatic nitrogens is 5. The van der Waals surface area contributed by atoms with Crippen molar-refractivity contribution in [1.82, 2.24) is 24.7 Å². The van der Waals surface area contributed by atoms with E-state index in [0.29, 0.717) is 42.0 Å². The van der Waals surface area contributed by atoms with Gasteiger partial charge in [0.15, 0.2) is 0 Å². The van der Waals surface area contributed by atoms with Crippen LogP contribution in [0.15, 0.2) is 30.6 Å². The Kier molecular flexibility index (Phi) is 4.88. The van der Waals surface area contributed by atoms with E-state index in [2.05, 4.69) is 25.3 Å². The number of piperidine rings is 1. The van der Waals surface area contributed by atoms with Crippen LogP contribution in [-0.2, 0) is 6.54 Å². The van der Waals surface area contributed by atoms with Crippen molar-refractivity contribution in [2.45, 2.75) is 38.8 Å². The summed E-state index contributed by atoms with van der Waals surface area (Å²) in [6.45, 7) is 5.24. The number of aryl methyl sites for hydroxylation is 2. The molecule has 3 aliphatic rings. The van der Waals surface area contributed by atoms with Gasteiger partial charge in [-0.1, -0.05) is 0 Å². The molecule has 8 nitrogen and oxygen atoms in total. The summed E-state index contributed by atoms with van der Waals surface area (Å²) >= 11 is 0. The second-order valence-electron chi connectivity index (χ2n) is 9.28. The highest BCUT2D eigenvalue weighted by molar-refractivity contribution is 5.59. The van der Waals surface area contributed by atoms with E-state index >= 15 is 0 Å². The van der Waals surface area contributed by atoms with Gasteiger partial charge in [0.05, 0.1) is 0 Å². The first-order valence-electron chi connectivity index (χ1n) is 11.5. The Morgan fingerprint density at radius 2 is 1.73 bits per heavy atom. The molecule has 1 unspecified atom stereocenters. The highest BCUT2D eigenvalue weighted by Gasteiger charge is 2.43. The average Bonchev–Trinajstić information content (AvgIpc) is 3.29. The first-order chi connectivity index (χ1) is 16.0. The van der Waals surface area contributed by atoms with Crippen molar-refractivity contribution in [1.29, 1.82) is 0 Å². The molecule has 2 fully saturated rings. The largest absolute Gasteiger partial charge is 0.356 e. The Labute approximate surface area is 190 Å². The minimum Gasteiger partial charge on any atom is -0.356 e. The SMILES string of the molecule is Cc1cc(N2CC3CC[C@@H](C2)[C@@H]3Nc2nc3n(n2)CCCN3c2cc(F)cc(F)c2)ncn1. The molecular weight excluding hydrogens is 426 g/mol. The number of nitrogens with one attached hydrogen (secondary N) is 1. The lowest BCUT2D eigenvalue weighted by atomic mass is 9.92. The zero-order valence-corrected chi connectivity index (χ0v) is 18.5. The van der Waals surface area contributed by atoms with Gasteiger partial charge in [0.2, 0.25) is 11.9 Å². The molecule has 0 amide bonds. The molecule has 1 saturated heterocycles. The molecule has 2 aromatic heterocycles. The van der Waals surface area contributed by atoms with Gasteiger partial charge in [0.25, 0.3) is 0 Å². The summed E-state index contributed by atoms with van der Waals surface area (Å²) in [6.07, 6.45) is 4.78. The van der Waals surface area contributed by atoms with Crippen LogP contribution in [0.5, 0.6) is 0 Å². The van der Waals surface area contributed by atoms with Gasteiger partial charge < -0.3 is 15.1 Å². The number of benzene rings is 1. The first kappa shape index (κ1) is 20.3. The predicted octanol–water partition coefficient (Wildman–Crippen LogP) is 3.52. The third kappa shape index (κ3) is 3.77. The summed E-state index contributed by atoms with van der Waals surface area (Å²) < 4.78 is 29.4. The Bertz CT molecular complexity index is 1150. The fraction of sp³-hybridized carbons (Fsp3) is 0.478. The monoisotopic (exact) mass is 452 g/mol. The fourth-order valence-corrected chi connectivity index (χ4v) is 5.57. The van der Waals surface area contributed by atoms with Crippen molar-refractivity contribution in [2.24, 2.45) is 11.8 Å². The van der Waals surface area contributed by atoms with Crippen LogP contribution in [0.2, 0.25) is 0 Å². The molecule has 1 aromatic carbocycles. The molecule has 33 heavy (non-hydrogen) atoms. The van der Waals surface area contributed by atoms with Gasteiger partial charge in [0, 0.05) is 55.7 Å². The zero-order valence-electron chi connectivity index (χ0n) is 18.5. The molecule has 6 rings (SSSR count). The molecule has 3 atom stereocenters. The zero-order chi connectivity index (χ0) is 22.5. The number of nitrogens with zero attached hydrogens (tertiary/aromatic N) is 7. The molecule has 1 N–H and O–H groups in total. The molecule has 4 heterocycles. The lowest BCUT2D eigenvalue weighted by Gasteiger charge is -2.38. The maximum Gasteiger partial charge on any atom is 0.244 e. The van der Waals surface area contributed by atoms with Crippen molar-refractivity contribution in [3.05, 3.63) is 47.9 Å². The van der Waals surface area contributed by atoms with Gasteiger partial charge in [-0.3, -0.25) is 0 Å². The van der Waals surface area contributed by atoms with Crippen molar-refractivity contribution in [3.63, 3.8) is 0 Å². The van der Waals surface area contributed by atoms with Crippen molar-refractivity contribution in [2.75, 3.05) is 34.8 Å². The number of hydrogen-bond acceptors (Lipinski definition) is 7. The van der Waals surface area contributed by atoms with E-state index in [4.69, 9.17) is 4.98 Å². The third-order valence-corrected chi connectivity index (χ3v) is 7.05. The van der Waals surface area contributed by atoms with Crippen LogP contribution in [0.1, 0.15) is 25.0 Å². The molecule has 10 heteroatoms. The van der Waals surface area contributed by atoms with E-state index in [1.54, 1.807) is 6.33 Å². The maximum absolute atomic E-state index is 13.8. The molecule has 2 bridgehead atoms. The van der Waals surface area contributed by atoms with E-state index in [9.17, 15) is 8.78 Å². The predicted molar refractivity (Wildman–Crippen MR) is 121 cm³/mol. The van der Waals surface area contributed by atoms with E-state index in [1.807, 2.05) is 22.6 Å². The lowest BCUT2D eigenvalue weighted by molar-refractivity contribution is 0.374. The summed E-state index contributed by atoms with van der Waals surface area (Å²) in [5.41, 5.74) is 1.43. The van der Waals surface area contributed by atoms with E-state index in [0.717, 1.165) is 56.5 Å². The van der Waals surface area contributed by atoms with E-state index in [-0.39, 0.29) is 0 Å². The molecule has 0 spiro atoms. The van der Waals surface area contributed by atoms with Gasteiger partial charge in [-0.15, -0.1) is 5.10 Å². The molecular formula is C23H26F2N8.